The molecule has 3 aromatic rings. The third kappa shape index (κ3) is 3.31. The van der Waals surface area contributed by atoms with Gasteiger partial charge in [0.1, 0.15) is 17.6 Å². The molecule has 2 aromatic heterocycles. The molecule has 0 amide bonds. The summed E-state index contributed by atoms with van der Waals surface area (Å²) in [4.78, 5) is 19.5. The van der Waals surface area contributed by atoms with Gasteiger partial charge in [-0.15, -0.1) is 11.3 Å². The van der Waals surface area contributed by atoms with E-state index in [4.69, 9.17) is 23.2 Å². The number of H-pyrrole nitrogens is 1. The maximum atomic E-state index is 11.6. The fourth-order valence-corrected chi connectivity index (χ4v) is 4.49. The summed E-state index contributed by atoms with van der Waals surface area (Å²) in [5.41, 5.74) is 1.91. The Labute approximate surface area is 165 Å². The van der Waals surface area contributed by atoms with Crippen LogP contribution in [0.25, 0.3) is 21.8 Å². The molecule has 0 bridgehead atoms. The number of nitriles is 1. The second kappa shape index (κ2) is 7.18. The van der Waals surface area contributed by atoms with E-state index in [1.807, 2.05) is 0 Å². The number of rotatable bonds is 3. The second-order valence-corrected chi connectivity index (χ2v) is 8.01. The quantitative estimate of drug-likeness (QED) is 0.525. The number of hydrogen-bond acceptors (Lipinski definition) is 5. The lowest BCUT2D eigenvalue weighted by Gasteiger charge is -2.06. The molecule has 0 aliphatic carbocycles. The van der Waals surface area contributed by atoms with E-state index in [1.165, 1.54) is 24.6 Å². The Morgan fingerprint density at radius 1 is 1.44 bits per heavy atom. The molecule has 0 atom stereocenters. The predicted molar refractivity (Wildman–Crippen MR) is 101 cm³/mol. The molecule has 0 unspecified atom stereocenters. The maximum Gasteiger partial charge on any atom is 0.356 e. The molecule has 2 heterocycles. The number of methoxy groups -OCH3 is 1. The van der Waals surface area contributed by atoms with E-state index in [2.05, 4.69) is 36.7 Å². The Morgan fingerprint density at radius 2 is 2.20 bits per heavy atom. The van der Waals surface area contributed by atoms with Crippen LogP contribution >= 0.6 is 50.5 Å². The lowest BCUT2D eigenvalue weighted by Crippen LogP contribution is -2.00. The number of carbonyl (C=O) groups is 1. The number of hydrogen-bond donors (Lipinski definition) is 1. The third-order valence-corrected chi connectivity index (χ3v) is 5.79. The zero-order valence-electron chi connectivity index (χ0n) is 12.6. The van der Waals surface area contributed by atoms with Crippen molar-refractivity contribution in [1.29, 1.82) is 5.26 Å². The first kappa shape index (κ1) is 18.0. The van der Waals surface area contributed by atoms with Crippen molar-refractivity contribution < 1.29 is 9.53 Å². The molecule has 126 valence electrons. The van der Waals surface area contributed by atoms with E-state index in [-0.39, 0.29) is 5.69 Å². The molecule has 1 aromatic carbocycles. The largest absolute Gasteiger partial charge is 0.464 e. The van der Waals surface area contributed by atoms with Gasteiger partial charge < -0.3 is 9.72 Å². The number of ether oxygens (including phenoxy) is 1. The number of carbonyl (C=O) groups excluding carboxylic acids is 1. The summed E-state index contributed by atoms with van der Waals surface area (Å²) in [6.45, 7) is 0. The van der Waals surface area contributed by atoms with Crippen LogP contribution in [0, 0.1) is 11.3 Å². The van der Waals surface area contributed by atoms with Gasteiger partial charge in [0.15, 0.2) is 0 Å². The van der Waals surface area contributed by atoms with Gasteiger partial charge in [-0.1, -0.05) is 29.3 Å². The minimum absolute atomic E-state index is 0.216. The first-order valence-corrected chi connectivity index (χ1v) is 9.14. The van der Waals surface area contributed by atoms with E-state index >= 15 is 0 Å². The van der Waals surface area contributed by atoms with Crippen molar-refractivity contribution in [2.75, 3.05) is 7.11 Å². The highest BCUT2D eigenvalue weighted by Gasteiger charge is 2.24. The topological polar surface area (TPSA) is 78.8 Å². The molecule has 1 N–H and O–H groups in total. The van der Waals surface area contributed by atoms with Crippen LogP contribution in [0.3, 0.4) is 0 Å². The molecule has 0 saturated carbocycles. The van der Waals surface area contributed by atoms with Crippen LogP contribution in [0.15, 0.2) is 28.2 Å². The number of halogens is 3. The van der Waals surface area contributed by atoms with Gasteiger partial charge in [0, 0.05) is 21.2 Å². The Bertz CT molecular complexity index is 1020. The predicted octanol–water partition coefficient (Wildman–Crippen LogP) is 5.53. The number of nitrogens with zero attached hydrogens (tertiary/aromatic N) is 2. The zero-order valence-corrected chi connectivity index (χ0v) is 16.5. The number of nitrogens with one attached hydrogen (secondary N) is 1. The highest BCUT2D eigenvalue weighted by atomic mass is 79.9. The fourth-order valence-electron chi connectivity index (χ4n) is 2.27. The maximum absolute atomic E-state index is 11.6. The molecular formula is C16H8BrCl2N3O2S. The molecule has 0 aliphatic heterocycles. The van der Waals surface area contributed by atoms with Crippen LogP contribution in [0.2, 0.25) is 10.0 Å². The molecule has 5 nitrogen and oxygen atoms in total. The number of imidazole rings is 1. The van der Waals surface area contributed by atoms with Crippen LogP contribution in [-0.4, -0.2) is 23.0 Å². The zero-order chi connectivity index (χ0) is 18.1. The van der Waals surface area contributed by atoms with Gasteiger partial charge >= 0.3 is 5.97 Å². The average molecular weight is 457 g/mol. The Hall–Kier alpha value is -1.85. The van der Waals surface area contributed by atoms with Gasteiger partial charge in [0.25, 0.3) is 0 Å². The third-order valence-electron chi connectivity index (χ3n) is 3.37. The van der Waals surface area contributed by atoms with Gasteiger partial charge in [-0.3, -0.25) is 0 Å². The van der Waals surface area contributed by atoms with Gasteiger partial charge in [-0.25, -0.2) is 9.78 Å². The molecule has 3 rings (SSSR count). The minimum Gasteiger partial charge on any atom is -0.464 e. The minimum atomic E-state index is -0.527. The molecule has 0 aliphatic rings. The summed E-state index contributed by atoms with van der Waals surface area (Å²) in [5.74, 6) is -0.0884. The monoisotopic (exact) mass is 455 g/mol. The number of esters is 1. The molecule has 0 spiro atoms. The Morgan fingerprint density at radius 3 is 2.84 bits per heavy atom. The van der Waals surface area contributed by atoms with Crippen LogP contribution < -0.4 is 0 Å². The van der Waals surface area contributed by atoms with Crippen molar-refractivity contribution in [3.63, 3.8) is 0 Å². The first-order valence-electron chi connectivity index (χ1n) is 6.77. The van der Waals surface area contributed by atoms with Crippen LogP contribution in [0.5, 0.6) is 0 Å². The highest BCUT2D eigenvalue weighted by Crippen LogP contribution is 2.46. The molecule has 0 radical (unpaired) electrons. The standard InChI is InChI=1S/C16H8BrCl2N3O2S/c1-24-16(23)11-6-21-15(22-11)13-12(9(5-20)14(17)25-13)8-3-2-7(18)4-10(8)19/h2-4,6H,1H3,(H,21,22). The van der Waals surface area contributed by atoms with Crippen LogP contribution in [0.1, 0.15) is 16.1 Å². The van der Waals surface area contributed by atoms with Crippen molar-refractivity contribution in [1.82, 2.24) is 9.97 Å². The van der Waals surface area contributed by atoms with Gasteiger partial charge in [-0.05, 0) is 28.1 Å². The van der Waals surface area contributed by atoms with E-state index in [1.54, 1.807) is 18.2 Å². The van der Waals surface area contributed by atoms with Gasteiger partial charge in [-0.2, -0.15) is 5.26 Å². The van der Waals surface area contributed by atoms with Gasteiger partial charge in [0.05, 0.1) is 27.5 Å². The van der Waals surface area contributed by atoms with E-state index in [0.29, 0.717) is 41.2 Å². The lowest BCUT2D eigenvalue weighted by atomic mass is 10.0. The van der Waals surface area contributed by atoms with Crippen molar-refractivity contribution in [2.45, 2.75) is 0 Å². The molecule has 9 heteroatoms. The summed E-state index contributed by atoms with van der Waals surface area (Å²) in [6, 6.07) is 7.22. The van der Waals surface area contributed by atoms with Crippen LogP contribution in [-0.2, 0) is 4.74 Å². The highest BCUT2D eigenvalue weighted by molar-refractivity contribution is 9.11. The first-order chi connectivity index (χ1) is 12.0. The summed E-state index contributed by atoms with van der Waals surface area (Å²) >= 11 is 17.0. The smallest absolute Gasteiger partial charge is 0.356 e. The van der Waals surface area contributed by atoms with E-state index < -0.39 is 5.97 Å². The molecule has 25 heavy (non-hydrogen) atoms. The lowest BCUT2D eigenvalue weighted by molar-refractivity contribution is 0.0595. The SMILES string of the molecule is COC(=O)c1cnc(-c2sc(Br)c(C#N)c2-c2ccc(Cl)cc2Cl)[nH]1. The van der Waals surface area contributed by atoms with E-state index in [0.717, 1.165) is 0 Å². The number of aromatic nitrogens is 2. The van der Waals surface area contributed by atoms with E-state index in [9.17, 15) is 10.1 Å². The Balaban J connectivity index is 2.23. The summed E-state index contributed by atoms with van der Waals surface area (Å²) < 4.78 is 5.32. The second-order valence-electron chi connectivity index (χ2n) is 4.83. The van der Waals surface area contributed by atoms with Crippen molar-refractivity contribution >= 4 is 56.4 Å². The summed E-state index contributed by atoms with van der Waals surface area (Å²) in [5, 5.41) is 10.5. The number of thiophene rings is 1. The normalized spacial score (nSPS) is 10.5. The summed E-state index contributed by atoms with van der Waals surface area (Å²) in [6.07, 6.45) is 1.38. The van der Waals surface area contributed by atoms with Crippen molar-refractivity contribution in [3.05, 3.63) is 49.5 Å². The van der Waals surface area contributed by atoms with Crippen molar-refractivity contribution in [3.8, 4) is 27.9 Å². The number of benzene rings is 1. The van der Waals surface area contributed by atoms with Crippen LogP contribution in [0.4, 0.5) is 0 Å². The number of aromatic amines is 1. The average Bonchev–Trinajstić information content (AvgIpc) is 3.18. The fraction of sp³-hybridized carbons (Fsp3) is 0.0625. The van der Waals surface area contributed by atoms with Gasteiger partial charge in [0.2, 0.25) is 0 Å². The molecule has 0 saturated heterocycles. The summed E-state index contributed by atoms with van der Waals surface area (Å²) in [7, 11) is 1.29. The Kier molecular flexibility index (Phi) is 5.16. The molecule has 0 fully saturated rings. The molecular weight excluding hydrogens is 449 g/mol. The van der Waals surface area contributed by atoms with Crippen molar-refractivity contribution in [2.24, 2.45) is 0 Å².